The fourth-order valence-corrected chi connectivity index (χ4v) is 1.17. The molecule has 2 N–H and O–H groups in total. The molecule has 0 aliphatic carbocycles. The van der Waals surface area contributed by atoms with Crippen LogP contribution < -0.4 is 5.32 Å². The molecule has 100 valence electrons. The molecule has 1 amide bonds. The quantitative estimate of drug-likeness (QED) is 0.595. The number of rotatable bonds is 9. The second-order valence-electron chi connectivity index (χ2n) is 3.89. The van der Waals surface area contributed by atoms with Gasteiger partial charge in [0.05, 0.1) is 13.2 Å². The zero-order valence-electron chi connectivity index (χ0n) is 10.7. The summed E-state index contributed by atoms with van der Waals surface area (Å²) in [5.41, 5.74) is 0. The Morgan fingerprint density at radius 1 is 1.47 bits per heavy atom. The van der Waals surface area contributed by atoms with Crippen molar-refractivity contribution >= 4 is 11.9 Å². The second-order valence-corrected chi connectivity index (χ2v) is 3.89. The van der Waals surface area contributed by atoms with Crippen molar-refractivity contribution in [3.63, 3.8) is 0 Å². The summed E-state index contributed by atoms with van der Waals surface area (Å²) in [7, 11) is 1.51. The van der Waals surface area contributed by atoms with E-state index in [2.05, 4.69) is 5.32 Å². The number of carbonyl (C=O) groups excluding carboxylic acids is 1. The summed E-state index contributed by atoms with van der Waals surface area (Å²) in [6.45, 7) is 4.49. The molecule has 0 aliphatic heterocycles. The van der Waals surface area contributed by atoms with E-state index in [-0.39, 0.29) is 25.0 Å². The van der Waals surface area contributed by atoms with Crippen LogP contribution in [-0.4, -0.2) is 61.3 Å². The van der Waals surface area contributed by atoms with Crippen LogP contribution in [0.1, 0.15) is 20.3 Å². The number of nitrogens with one attached hydrogen (secondary N) is 1. The number of ether oxygens (including phenoxy) is 1. The number of carboxylic acid groups (broad SMARTS) is 1. The van der Waals surface area contributed by atoms with E-state index in [1.807, 2.05) is 13.8 Å². The lowest BCUT2D eigenvalue weighted by Crippen LogP contribution is -2.44. The van der Waals surface area contributed by atoms with E-state index in [4.69, 9.17) is 9.84 Å². The molecule has 0 aromatic heterocycles. The van der Waals surface area contributed by atoms with Crippen LogP contribution in [0.4, 0.5) is 0 Å². The highest BCUT2D eigenvalue weighted by Gasteiger charge is 2.16. The first kappa shape index (κ1) is 15.9. The standard InChI is InChI=1S/C11H22N2O4/c1-4-9(2)12-7-10(14)13(5-6-17-3)8-11(15)16/h9,12H,4-8H2,1-3H3,(H,15,16). The van der Waals surface area contributed by atoms with Gasteiger partial charge in [-0.1, -0.05) is 6.92 Å². The van der Waals surface area contributed by atoms with E-state index in [9.17, 15) is 9.59 Å². The van der Waals surface area contributed by atoms with E-state index >= 15 is 0 Å². The van der Waals surface area contributed by atoms with Gasteiger partial charge in [0.1, 0.15) is 6.54 Å². The second kappa shape index (κ2) is 8.95. The van der Waals surface area contributed by atoms with Crippen molar-refractivity contribution in [3.8, 4) is 0 Å². The van der Waals surface area contributed by atoms with Gasteiger partial charge < -0.3 is 20.1 Å². The number of nitrogens with zero attached hydrogens (tertiary/aromatic N) is 1. The summed E-state index contributed by atoms with van der Waals surface area (Å²) in [6.07, 6.45) is 0.921. The van der Waals surface area contributed by atoms with Crippen LogP contribution in [0.3, 0.4) is 0 Å². The Hall–Kier alpha value is -1.14. The number of methoxy groups -OCH3 is 1. The smallest absolute Gasteiger partial charge is 0.323 e. The van der Waals surface area contributed by atoms with E-state index in [1.165, 1.54) is 12.0 Å². The summed E-state index contributed by atoms with van der Waals surface area (Å²) in [4.78, 5) is 23.6. The Bertz CT molecular complexity index is 246. The zero-order chi connectivity index (χ0) is 13.3. The van der Waals surface area contributed by atoms with Crippen molar-refractivity contribution in [2.45, 2.75) is 26.3 Å². The molecule has 0 spiro atoms. The van der Waals surface area contributed by atoms with Crippen molar-refractivity contribution < 1.29 is 19.4 Å². The molecular weight excluding hydrogens is 224 g/mol. The molecule has 0 heterocycles. The highest BCUT2D eigenvalue weighted by molar-refractivity contribution is 5.82. The summed E-state index contributed by atoms with van der Waals surface area (Å²) in [5.74, 6) is -1.23. The van der Waals surface area contributed by atoms with Crippen LogP contribution >= 0.6 is 0 Å². The van der Waals surface area contributed by atoms with E-state index in [0.29, 0.717) is 13.2 Å². The maximum absolute atomic E-state index is 11.7. The van der Waals surface area contributed by atoms with Crippen LogP contribution in [-0.2, 0) is 14.3 Å². The first-order valence-electron chi connectivity index (χ1n) is 5.73. The van der Waals surface area contributed by atoms with Gasteiger partial charge in [-0.05, 0) is 13.3 Å². The molecule has 0 saturated heterocycles. The maximum Gasteiger partial charge on any atom is 0.323 e. The van der Waals surface area contributed by atoms with Crippen molar-refractivity contribution in [1.29, 1.82) is 0 Å². The van der Waals surface area contributed by atoms with Crippen molar-refractivity contribution in [2.24, 2.45) is 0 Å². The molecule has 0 fully saturated rings. The van der Waals surface area contributed by atoms with E-state index < -0.39 is 5.97 Å². The predicted octanol–water partition coefficient (Wildman–Crippen LogP) is -0.0659. The highest BCUT2D eigenvalue weighted by atomic mass is 16.5. The molecule has 1 unspecified atom stereocenters. The third-order valence-corrected chi connectivity index (χ3v) is 2.46. The zero-order valence-corrected chi connectivity index (χ0v) is 10.7. The molecule has 17 heavy (non-hydrogen) atoms. The third kappa shape index (κ3) is 7.70. The molecule has 0 aromatic carbocycles. The first-order chi connectivity index (χ1) is 8.01. The topological polar surface area (TPSA) is 78.9 Å². The summed E-state index contributed by atoms with van der Waals surface area (Å²) < 4.78 is 4.84. The van der Waals surface area contributed by atoms with Gasteiger partial charge in [0.15, 0.2) is 0 Å². The fourth-order valence-electron chi connectivity index (χ4n) is 1.17. The molecule has 0 radical (unpaired) electrons. The molecule has 0 saturated carbocycles. The van der Waals surface area contributed by atoms with Crippen molar-refractivity contribution in [1.82, 2.24) is 10.2 Å². The number of carbonyl (C=O) groups is 2. The number of carboxylic acids is 1. The normalized spacial score (nSPS) is 12.2. The van der Waals surface area contributed by atoms with Gasteiger partial charge in [-0.15, -0.1) is 0 Å². The van der Waals surface area contributed by atoms with Gasteiger partial charge in [-0.25, -0.2) is 0 Å². The Kier molecular flexibility index (Phi) is 8.35. The number of hydrogen-bond acceptors (Lipinski definition) is 4. The van der Waals surface area contributed by atoms with Gasteiger partial charge in [0.25, 0.3) is 0 Å². The largest absolute Gasteiger partial charge is 0.480 e. The van der Waals surface area contributed by atoms with Crippen molar-refractivity contribution in [2.75, 3.05) is 33.4 Å². The van der Waals surface area contributed by atoms with E-state index in [0.717, 1.165) is 6.42 Å². The highest BCUT2D eigenvalue weighted by Crippen LogP contribution is 1.92. The summed E-state index contributed by atoms with van der Waals surface area (Å²) in [6, 6.07) is 0.244. The molecular formula is C11H22N2O4. The fraction of sp³-hybridized carbons (Fsp3) is 0.818. The Morgan fingerprint density at radius 2 is 2.12 bits per heavy atom. The average molecular weight is 246 g/mol. The summed E-state index contributed by atoms with van der Waals surface area (Å²) >= 11 is 0. The van der Waals surface area contributed by atoms with Crippen LogP contribution in [0, 0.1) is 0 Å². The molecule has 6 heteroatoms. The maximum atomic E-state index is 11.7. The molecule has 0 aliphatic rings. The summed E-state index contributed by atoms with van der Waals surface area (Å²) in [5, 5.41) is 11.7. The van der Waals surface area contributed by atoms with Gasteiger partial charge in [-0.3, -0.25) is 9.59 Å². The monoisotopic (exact) mass is 246 g/mol. The van der Waals surface area contributed by atoms with Crippen LogP contribution in [0.5, 0.6) is 0 Å². The molecule has 0 bridgehead atoms. The third-order valence-electron chi connectivity index (χ3n) is 2.46. The Labute approximate surface area is 102 Å². The average Bonchev–Trinajstić information content (AvgIpc) is 2.30. The lowest BCUT2D eigenvalue weighted by Gasteiger charge is -2.21. The van der Waals surface area contributed by atoms with Gasteiger partial charge in [-0.2, -0.15) is 0 Å². The van der Waals surface area contributed by atoms with Gasteiger partial charge in [0, 0.05) is 19.7 Å². The minimum absolute atomic E-state index is 0.159. The van der Waals surface area contributed by atoms with Crippen LogP contribution in [0.25, 0.3) is 0 Å². The van der Waals surface area contributed by atoms with Crippen LogP contribution in [0.15, 0.2) is 0 Å². The Morgan fingerprint density at radius 3 is 2.59 bits per heavy atom. The minimum atomic E-state index is -1.02. The van der Waals surface area contributed by atoms with E-state index in [1.54, 1.807) is 0 Å². The lowest BCUT2D eigenvalue weighted by atomic mass is 10.2. The minimum Gasteiger partial charge on any atom is -0.480 e. The number of aliphatic carboxylic acids is 1. The van der Waals surface area contributed by atoms with Crippen LogP contribution in [0.2, 0.25) is 0 Å². The van der Waals surface area contributed by atoms with Crippen molar-refractivity contribution in [3.05, 3.63) is 0 Å². The number of amides is 1. The van der Waals surface area contributed by atoms with Gasteiger partial charge >= 0.3 is 5.97 Å². The first-order valence-corrected chi connectivity index (χ1v) is 5.73. The number of hydrogen-bond donors (Lipinski definition) is 2. The molecule has 1 atom stereocenters. The molecule has 0 rings (SSSR count). The lowest BCUT2D eigenvalue weighted by molar-refractivity contribution is -0.144. The molecule has 6 nitrogen and oxygen atoms in total. The SMILES string of the molecule is CCC(C)NCC(=O)N(CCOC)CC(=O)O. The molecule has 0 aromatic rings. The predicted molar refractivity (Wildman–Crippen MR) is 63.8 cm³/mol. The van der Waals surface area contributed by atoms with Gasteiger partial charge in [0.2, 0.25) is 5.91 Å². The Balaban J connectivity index is 4.16.